The van der Waals surface area contributed by atoms with Crippen molar-refractivity contribution >= 4 is 23.4 Å². The van der Waals surface area contributed by atoms with Gasteiger partial charge in [-0.15, -0.1) is 16.8 Å². The van der Waals surface area contributed by atoms with Gasteiger partial charge in [0.05, 0.1) is 19.5 Å². The van der Waals surface area contributed by atoms with Crippen LogP contribution in [0.25, 0.3) is 0 Å². The lowest BCUT2D eigenvalue weighted by Gasteiger charge is -2.19. The number of carbonyl (C=O) groups is 1. The minimum absolute atomic E-state index is 0.110. The van der Waals surface area contributed by atoms with Crippen molar-refractivity contribution in [3.8, 4) is 11.5 Å². The Morgan fingerprint density at radius 3 is 2.40 bits per heavy atom. The van der Waals surface area contributed by atoms with Crippen LogP contribution >= 0.6 is 11.8 Å². The predicted octanol–water partition coefficient (Wildman–Crippen LogP) is 5.51. The second-order valence-corrected chi connectivity index (χ2v) is 10.0. The number of aryl methyl sites for hydroxylation is 1. The van der Waals surface area contributed by atoms with Gasteiger partial charge in [0.25, 0.3) is 0 Å². The van der Waals surface area contributed by atoms with Gasteiger partial charge in [-0.2, -0.15) is 0 Å². The molecule has 0 aliphatic carbocycles. The molecule has 0 saturated heterocycles. The lowest BCUT2D eigenvalue weighted by Crippen LogP contribution is -2.14. The number of carbonyl (C=O) groups excluding carboxylic acids is 1. The van der Waals surface area contributed by atoms with Gasteiger partial charge < -0.3 is 19.4 Å². The van der Waals surface area contributed by atoms with Crippen LogP contribution in [0.3, 0.4) is 0 Å². The van der Waals surface area contributed by atoms with Gasteiger partial charge in [0, 0.05) is 18.7 Å². The Kier molecular flexibility index (Phi) is 9.37. The van der Waals surface area contributed by atoms with E-state index in [1.165, 1.54) is 17.3 Å². The van der Waals surface area contributed by atoms with Crippen molar-refractivity contribution in [1.29, 1.82) is 0 Å². The maximum absolute atomic E-state index is 12.4. The number of allylic oxidation sites excluding steroid dienone is 1. The topological polar surface area (TPSA) is 78.3 Å². The third kappa shape index (κ3) is 7.89. The molecule has 7 nitrogen and oxygen atoms in total. The molecular formula is C27H34N4O3S. The number of nitrogens with one attached hydrogen (secondary N) is 1. The van der Waals surface area contributed by atoms with Crippen LogP contribution in [0, 0.1) is 0 Å². The summed E-state index contributed by atoms with van der Waals surface area (Å²) in [7, 11) is 1.61. The number of anilines is 1. The highest BCUT2D eigenvalue weighted by Crippen LogP contribution is 2.24. The van der Waals surface area contributed by atoms with Gasteiger partial charge in [-0.3, -0.25) is 4.79 Å². The first-order chi connectivity index (χ1) is 16.8. The molecule has 0 atom stereocenters. The summed E-state index contributed by atoms with van der Waals surface area (Å²) >= 11 is 1.36. The van der Waals surface area contributed by atoms with E-state index in [2.05, 4.69) is 55.0 Å². The average Bonchev–Trinajstić information content (AvgIpc) is 3.22. The highest BCUT2D eigenvalue weighted by Gasteiger charge is 2.15. The number of methoxy groups -OCH3 is 1. The molecule has 2 aromatic carbocycles. The van der Waals surface area contributed by atoms with Crippen molar-refractivity contribution in [2.24, 2.45) is 0 Å². The fraction of sp³-hybridized carbons (Fsp3) is 0.370. The number of nitrogens with zero attached hydrogens (tertiary/aromatic N) is 3. The number of amides is 1. The van der Waals surface area contributed by atoms with Crippen LogP contribution < -0.4 is 14.8 Å². The van der Waals surface area contributed by atoms with Gasteiger partial charge in [-0.1, -0.05) is 50.7 Å². The van der Waals surface area contributed by atoms with Crippen molar-refractivity contribution in [2.45, 2.75) is 50.7 Å². The first-order valence-corrected chi connectivity index (χ1v) is 12.6. The first kappa shape index (κ1) is 26.3. The van der Waals surface area contributed by atoms with Gasteiger partial charge >= 0.3 is 0 Å². The zero-order valence-electron chi connectivity index (χ0n) is 20.9. The van der Waals surface area contributed by atoms with Crippen molar-refractivity contribution < 1.29 is 14.3 Å². The molecule has 0 aliphatic heterocycles. The summed E-state index contributed by atoms with van der Waals surface area (Å²) in [5.74, 6) is 2.58. The maximum Gasteiger partial charge on any atom is 0.234 e. The van der Waals surface area contributed by atoms with Crippen molar-refractivity contribution in [1.82, 2.24) is 14.8 Å². The fourth-order valence-electron chi connectivity index (χ4n) is 3.40. The summed E-state index contributed by atoms with van der Waals surface area (Å²) in [6, 6.07) is 15.5. The molecule has 0 spiro atoms. The quantitative estimate of drug-likeness (QED) is 0.203. The monoisotopic (exact) mass is 494 g/mol. The van der Waals surface area contributed by atoms with E-state index >= 15 is 0 Å². The number of ether oxygens (including phenoxy) is 2. The largest absolute Gasteiger partial charge is 0.497 e. The molecule has 0 unspecified atom stereocenters. The zero-order chi connectivity index (χ0) is 25.3. The third-order valence-corrected chi connectivity index (χ3v) is 6.31. The minimum Gasteiger partial charge on any atom is -0.497 e. The second kappa shape index (κ2) is 12.4. The van der Waals surface area contributed by atoms with Crippen LogP contribution in [0.2, 0.25) is 0 Å². The normalized spacial score (nSPS) is 11.2. The van der Waals surface area contributed by atoms with Crippen LogP contribution in [-0.4, -0.2) is 40.1 Å². The molecule has 0 radical (unpaired) electrons. The average molecular weight is 495 g/mol. The zero-order valence-corrected chi connectivity index (χ0v) is 21.7. The number of hydrogen-bond donors (Lipinski definition) is 1. The van der Waals surface area contributed by atoms with Gasteiger partial charge in [0.15, 0.2) is 5.16 Å². The van der Waals surface area contributed by atoms with Crippen molar-refractivity contribution in [3.63, 3.8) is 0 Å². The molecule has 3 rings (SSSR count). The molecule has 35 heavy (non-hydrogen) atoms. The van der Waals surface area contributed by atoms with Gasteiger partial charge in [-0.05, 0) is 53.8 Å². The van der Waals surface area contributed by atoms with Gasteiger partial charge in [0.2, 0.25) is 5.91 Å². The number of aromatic nitrogens is 3. The summed E-state index contributed by atoms with van der Waals surface area (Å²) in [5.41, 5.74) is 2.13. The second-order valence-electron chi connectivity index (χ2n) is 9.09. The van der Waals surface area contributed by atoms with Crippen molar-refractivity contribution in [3.05, 3.63) is 72.6 Å². The van der Waals surface area contributed by atoms with E-state index in [0.717, 1.165) is 35.9 Å². The lowest BCUT2D eigenvalue weighted by molar-refractivity contribution is -0.113. The molecule has 1 amide bonds. The Morgan fingerprint density at radius 2 is 1.77 bits per heavy atom. The Morgan fingerprint density at radius 1 is 1.09 bits per heavy atom. The van der Waals surface area contributed by atoms with E-state index in [9.17, 15) is 4.79 Å². The highest BCUT2D eigenvalue weighted by molar-refractivity contribution is 7.99. The molecule has 0 saturated carbocycles. The van der Waals surface area contributed by atoms with Crippen molar-refractivity contribution in [2.75, 3.05) is 24.8 Å². The summed E-state index contributed by atoms with van der Waals surface area (Å²) < 4.78 is 13.0. The van der Waals surface area contributed by atoms with Crippen LogP contribution in [0.1, 0.15) is 38.6 Å². The predicted molar refractivity (Wildman–Crippen MR) is 142 cm³/mol. The summed E-state index contributed by atoms with van der Waals surface area (Å²) in [4.78, 5) is 12.4. The van der Waals surface area contributed by atoms with Crippen LogP contribution in [0.4, 0.5) is 5.69 Å². The van der Waals surface area contributed by atoms with Crippen LogP contribution in [0.15, 0.2) is 66.3 Å². The van der Waals surface area contributed by atoms with E-state index in [-0.39, 0.29) is 17.1 Å². The summed E-state index contributed by atoms with van der Waals surface area (Å²) in [5, 5.41) is 12.2. The van der Waals surface area contributed by atoms with Gasteiger partial charge in [0.1, 0.15) is 17.3 Å². The number of rotatable bonds is 12. The first-order valence-electron chi connectivity index (χ1n) is 11.6. The molecule has 1 aromatic heterocycles. The molecule has 0 fully saturated rings. The molecule has 1 N–H and O–H groups in total. The Balaban J connectivity index is 1.49. The van der Waals surface area contributed by atoms with Gasteiger partial charge in [-0.25, -0.2) is 0 Å². The Labute approximate surface area is 211 Å². The van der Waals surface area contributed by atoms with E-state index in [4.69, 9.17) is 9.47 Å². The molecule has 3 aromatic rings. The summed E-state index contributed by atoms with van der Waals surface area (Å²) in [6.07, 6.45) is 3.33. The van der Waals surface area contributed by atoms with E-state index in [1.54, 1.807) is 31.4 Å². The highest BCUT2D eigenvalue weighted by atomic mass is 32.2. The number of benzene rings is 2. The number of thioether (sulfide) groups is 1. The van der Waals surface area contributed by atoms with E-state index in [1.807, 2.05) is 22.8 Å². The number of hydrogen-bond acceptors (Lipinski definition) is 6. The molecule has 8 heteroatoms. The fourth-order valence-corrected chi connectivity index (χ4v) is 4.16. The molecule has 0 bridgehead atoms. The molecular weight excluding hydrogens is 460 g/mol. The smallest absolute Gasteiger partial charge is 0.234 e. The Bertz CT molecular complexity index is 1100. The standard InChI is InChI=1S/C27H34N4O3S/c1-6-17-31-24(8-7-18-34-23-13-9-20(10-14-23)27(2,3)4)29-30-26(31)35-19-25(32)28-21-11-15-22(33-5)16-12-21/h6,9-16H,1,7-8,17-19H2,2-5H3,(H,28,32). The van der Waals surface area contributed by atoms with E-state index in [0.29, 0.717) is 18.3 Å². The van der Waals surface area contributed by atoms with Crippen LogP contribution in [-0.2, 0) is 23.2 Å². The Hall–Kier alpha value is -3.26. The van der Waals surface area contributed by atoms with E-state index < -0.39 is 0 Å². The summed E-state index contributed by atoms with van der Waals surface area (Å²) in [6.45, 7) is 11.6. The molecule has 0 aliphatic rings. The van der Waals surface area contributed by atoms with Crippen LogP contribution in [0.5, 0.6) is 11.5 Å². The third-order valence-electron chi connectivity index (χ3n) is 5.35. The minimum atomic E-state index is -0.110. The SMILES string of the molecule is C=CCn1c(CCCOc2ccc(C(C)(C)C)cc2)nnc1SCC(=O)Nc1ccc(OC)cc1. The lowest BCUT2D eigenvalue weighted by atomic mass is 9.87. The molecule has 186 valence electrons. The molecule has 1 heterocycles. The maximum atomic E-state index is 12.4.